The molecule has 0 saturated heterocycles. The van der Waals surface area contributed by atoms with Crippen molar-refractivity contribution >= 4 is 21.6 Å². The number of hydrogen-bond donors (Lipinski definition) is 1. The van der Waals surface area contributed by atoms with Crippen LogP contribution in [-0.4, -0.2) is 11.5 Å². The van der Waals surface area contributed by atoms with Gasteiger partial charge in [0.05, 0.1) is 4.92 Å². The number of halogens is 1. The molecule has 0 atom stereocenters. The van der Waals surface area contributed by atoms with Gasteiger partial charge in [-0.15, -0.1) is 0 Å². The first-order valence-corrected chi connectivity index (χ1v) is 7.49. The second-order valence-electron chi connectivity index (χ2n) is 5.38. The lowest BCUT2D eigenvalue weighted by Crippen LogP contribution is -2.23. The Morgan fingerprint density at radius 2 is 2.21 bits per heavy atom. The lowest BCUT2D eigenvalue weighted by Gasteiger charge is -2.15. The summed E-state index contributed by atoms with van der Waals surface area (Å²) in [4.78, 5) is 10.7. The van der Waals surface area contributed by atoms with Crippen LogP contribution in [0.25, 0.3) is 0 Å². The molecule has 1 aliphatic carbocycles. The number of benzene rings is 1. The monoisotopic (exact) mass is 326 g/mol. The van der Waals surface area contributed by atoms with Crippen LogP contribution in [0.2, 0.25) is 0 Å². The smallest absolute Gasteiger partial charge is 0.275 e. The van der Waals surface area contributed by atoms with Crippen LogP contribution in [0.4, 0.5) is 5.69 Å². The zero-order chi connectivity index (χ0) is 13.9. The first-order valence-electron chi connectivity index (χ1n) is 6.70. The van der Waals surface area contributed by atoms with E-state index in [1.807, 2.05) is 12.1 Å². The predicted octanol–water partition coefficient (Wildman–Crippen LogP) is 4.03. The van der Waals surface area contributed by atoms with Crippen LogP contribution in [0.5, 0.6) is 0 Å². The van der Waals surface area contributed by atoms with E-state index in [1.54, 1.807) is 6.07 Å². The molecule has 0 heterocycles. The Kier molecular flexibility index (Phi) is 4.58. The maximum atomic E-state index is 11.0. The highest BCUT2D eigenvalue weighted by Gasteiger charge is 2.40. The molecule has 1 aromatic rings. The van der Waals surface area contributed by atoms with Gasteiger partial charge in [0.1, 0.15) is 0 Å². The summed E-state index contributed by atoms with van der Waals surface area (Å²) in [6.45, 7) is 3.74. The molecule has 1 aromatic carbocycles. The van der Waals surface area contributed by atoms with Gasteiger partial charge in [0.25, 0.3) is 5.69 Å². The number of nitrogens with one attached hydrogen (secondary N) is 1. The average molecular weight is 327 g/mol. The third-order valence-electron chi connectivity index (χ3n) is 3.80. The van der Waals surface area contributed by atoms with Crippen LogP contribution in [0.1, 0.15) is 38.2 Å². The molecule has 5 heteroatoms. The second kappa shape index (κ2) is 6.01. The van der Waals surface area contributed by atoms with E-state index in [0.717, 1.165) is 16.6 Å². The fraction of sp³-hybridized carbons (Fsp3) is 0.571. The van der Waals surface area contributed by atoms with Gasteiger partial charge in [-0.25, -0.2) is 0 Å². The third kappa shape index (κ3) is 3.76. The average Bonchev–Trinajstić information content (AvgIpc) is 3.11. The maximum absolute atomic E-state index is 11.0. The molecule has 0 unspecified atom stereocenters. The number of nitrogens with zero attached hydrogens (tertiary/aromatic N) is 1. The summed E-state index contributed by atoms with van der Waals surface area (Å²) in [7, 11) is 0. The van der Waals surface area contributed by atoms with Crippen LogP contribution < -0.4 is 5.32 Å². The van der Waals surface area contributed by atoms with Crippen LogP contribution in [0.15, 0.2) is 22.7 Å². The van der Waals surface area contributed by atoms with Crippen molar-refractivity contribution in [1.29, 1.82) is 0 Å². The fourth-order valence-electron chi connectivity index (χ4n) is 2.54. The first kappa shape index (κ1) is 14.5. The third-order valence-corrected chi connectivity index (χ3v) is 4.29. The van der Waals surface area contributed by atoms with Crippen molar-refractivity contribution < 1.29 is 4.92 Å². The summed E-state index contributed by atoms with van der Waals surface area (Å²) in [5.74, 6) is 0. The number of nitro groups is 1. The van der Waals surface area contributed by atoms with Gasteiger partial charge in [-0.3, -0.25) is 10.1 Å². The van der Waals surface area contributed by atoms with Crippen molar-refractivity contribution in [3.63, 3.8) is 0 Å². The lowest BCUT2D eigenvalue weighted by molar-refractivity contribution is -0.385. The Hall–Kier alpha value is -0.940. The van der Waals surface area contributed by atoms with Gasteiger partial charge in [0.2, 0.25) is 0 Å². The second-order valence-corrected chi connectivity index (χ2v) is 6.30. The van der Waals surface area contributed by atoms with E-state index >= 15 is 0 Å². The summed E-state index contributed by atoms with van der Waals surface area (Å²) >= 11 is 3.27. The molecule has 0 bridgehead atoms. The minimum Gasteiger partial charge on any atom is -0.312 e. The molecule has 0 aromatic heterocycles. The van der Waals surface area contributed by atoms with Crippen LogP contribution in [0, 0.1) is 15.5 Å². The van der Waals surface area contributed by atoms with E-state index in [-0.39, 0.29) is 10.6 Å². The summed E-state index contributed by atoms with van der Waals surface area (Å²) in [6.07, 6.45) is 5.04. The molecular formula is C14H19BrN2O2. The van der Waals surface area contributed by atoms with Crippen LogP contribution in [-0.2, 0) is 6.54 Å². The number of hydrogen-bond acceptors (Lipinski definition) is 3. The molecule has 19 heavy (non-hydrogen) atoms. The molecule has 0 aliphatic heterocycles. The Labute approximate surface area is 121 Å². The Bertz CT molecular complexity index is 473. The summed E-state index contributed by atoms with van der Waals surface area (Å²) < 4.78 is 0.743. The van der Waals surface area contributed by atoms with Gasteiger partial charge < -0.3 is 5.32 Å². The highest BCUT2D eigenvalue weighted by molar-refractivity contribution is 9.10. The van der Waals surface area contributed by atoms with Crippen molar-refractivity contribution in [3.8, 4) is 0 Å². The number of rotatable bonds is 7. The Balaban J connectivity index is 1.94. The largest absolute Gasteiger partial charge is 0.312 e. The topological polar surface area (TPSA) is 55.2 Å². The molecule has 1 N–H and O–H groups in total. The highest BCUT2D eigenvalue weighted by Crippen LogP contribution is 2.48. The molecule has 4 nitrogen and oxygen atoms in total. The molecule has 0 amide bonds. The van der Waals surface area contributed by atoms with Gasteiger partial charge in [0.15, 0.2) is 0 Å². The van der Waals surface area contributed by atoms with E-state index in [2.05, 4.69) is 28.2 Å². The van der Waals surface area contributed by atoms with Crippen molar-refractivity contribution in [3.05, 3.63) is 38.3 Å². The fourth-order valence-corrected chi connectivity index (χ4v) is 2.89. The number of nitro benzene ring substituents is 1. The molecule has 0 radical (unpaired) electrons. The first-order chi connectivity index (χ1) is 9.06. The molecular weight excluding hydrogens is 308 g/mol. The Morgan fingerprint density at radius 3 is 2.79 bits per heavy atom. The van der Waals surface area contributed by atoms with Crippen molar-refractivity contribution in [2.24, 2.45) is 5.41 Å². The van der Waals surface area contributed by atoms with Crippen molar-refractivity contribution in [2.75, 3.05) is 6.54 Å². The van der Waals surface area contributed by atoms with Gasteiger partial charge in [-0.05, 0) is 36.8 Å². The van der Waals surface area contributed by atoms with E-state index in [0.29, 0.717) is 12.0 Å². The maximum Gasteiger partial charge on any atom is 0.275 e. The van der Waals surface area contributed by atoms with Gasteiger partial charge in [-0.2, -0.15) is 0 Å². The molecule has 1 aliphatic rings. The summed E-state index contributed by atoms with van der Waals surface area (Å²) in [5, 5.41) is 14.4. The zero-order valence-corrected chi connectivity index (χ0v) is 12.7. The lowest BCUT2D eigenvalue weighted by atomic mass is 10.0. The van der Waals surface area contributed by atoms with Gasteiger partial charge in [0, 0.05) is 29.2 Å². The molecule has 1 fully saturated rings. The normalized spacial score (nSPS) is 16.3. The predicted molar refractivity (Wildman–Crippen MR) is 79.1 cm³/mol. The summed E-state index contributed by atoms with van der Waals surface area (Å²) in [6, 6.07) is 5.23. The SMILES string of the molecule is CCCC1(CNCc2ccc(Br)cc2[N+](=O)[O-])CC1. The molecule has 104 valence electrons. The van der Waals surface area contributed by atoms with E-state index in [1.165, 1.54) is 25.7 Å². The van der Waals surface area contributed by atoms with Gasteiger partial charge >= 0.3 is 0 Å². The Morgan fingerprint density at radius 1 is 1.47 bits per heavy atom. The van der Waals surface area contributed by atoms with E-state index in [4.69, 9.17) is 0 Å². The van der Waals surface area contributed by atoms with E-state index < -0.39 is 0 Å². The van der Waals surface area contributed by atoms with Crippen molar-refractivity contribution in [1.82, 2.24) is 5.32 Å². The molecule has 1 saturated carbocycles. The van der Waals surface area contributed by atoms with E-state index in [9.17, 15) is 10.1 Å². The zero-order valence-electron chi connectivity index (χ0n) is 11.1. The van der Waals surface area contributed by atoms with Crippen LogP contribution in [0.3, 0.4) is 0 Å². The molecule has 2 rings (SSSR count). The quantitative estimate of drug-likeness (QED) is 0.608. The van der Waals surface area contributed by atoms with Crippen molar-refractivity contribution in [2.45, 2.75) is 39.2 Å². The van der Waals surface area contributed by atoms with Crippen LogP contribution >= 0.6 is 15.9 Å². The minimum absolute atomic E-state index is 0.183. The van der Waals surface area contributed by atoms with Gasteiger partial charge in [-0.1, -0.05) is 29.3 Å². The highest BCUT2D eigenvalue weighted by atomic mass is 79.9. The molecule has 0 spiro atoms. The minimum atomic E-state index is -0.319. The standard InChI is InChI=1S/C14H19BrN2O2/c1-2-5-14(6-7-14)10-16-9-11-3-4-12(15)8-13(11)17(18)19/h3-4,8,16H,2,5-7,9-10H2,1H3. The summed E-state index contributed by atoms with van der Waals surface area (Å²) in [5.41, 5.74) is 1.40.